The monoisotopic (exact) mass is 359 g/mol. The quantitative estimate of drug-likeness (QED) is 0.713. The number of fused-ring (bicyclic) bond motifs is 1. The summed E-state index contributed by atoms with van der Waals surface area (Å²) >= 11 is 0. The standard InChI is InChI=1S/C23H25N3O/c1-17-6-3-10-21(18(17)2)23(27)26-14-12-25(13-15-26)16-20-8-4-7-19-9-5-11-24-22(19)20/h3-11H,12-16H2,1-2H3. The number of aryl methyl sites for hydroxylation is 1. The zero-order valence-electron chi connectivity index (χ0n) is 16.0. The van der Waals surface area contributed by atoms with Gasteiger partial charge in [0.1, 0.15) is 0 Å². The molecule has 2 heterocycles. The molecule has 0 aliphatic carbocycles. The SMILES string of the molecule is Cc1cccc(C(=O)N2CCN(Cc3cccc4cccnc34)CC2)c1C. The maximum atomic E-state index is 12.9. The molecule has 2 aromatic carbocycles. The van der Waals surface area contributed by atoms with Crippen molar-refractivity contribution in [3.8, 4) is 0 Å². The molecule has 0 spiro atoms. The van der Waals surface area contributed by atoms with Gasteiger partial charge in [-0.25, -0.2) is 0 Å². The number of aromatic nitrogens is 1. The van der Waals surface area contributed by atoms with E-state index in [-0.39, 0.29) is 5.91 Å². The predicted molar refractivity (Wildman–Crippen MR) is 109 cm³/mol. The van der Waals surface area contributed by atoms with Gasteiger partial charge in [0.15, 0.2) is 0 Å². The van der Waals surface area contributed by atoms with Gasteiger partial charge in [-0.3, -0.25) is 14.7 Å². The average Bonchev–Trinajstić information content (AvgIpc) is 2.70. The smallest absolute Gasteiger partial charge is 0.254 e. The Hall–Kier alpha value is -2.72. The number of carbonyl (C=O) groups is 1. The van der Waals surface area contributed by atoms with E-state index in [0.29, 0.717) is 0 Å². The molecule has 3 aromatic rings. The van der Waals surface area contributed by atoms with Crippen LogP contribution in [0.4, 0.5) is 0 Å². The Balaban J connectivity index is 1.43. The topological polar surface area (TPSA) is 36.4 Å². The van der Waals surface area contributed by atoms with Crippen LogP contribution in [0, 0.1) is 13.8 Å². The third-order valence-corrected chi connectivity index (χ3v) is 5.60. The van der Waals surface area contributed by atoms with Crippen molar-refractivity contribution in [1.82, 2.24) is 14.8 Å². The number of hydrogen-bond acceptors (Lipinski definition) is 3. The van der Waals surface area contributed by atoms with E-state index in [4.69, 9.17) is 0 Å². The molecule has 1 aliphatic rings. The minimum Gasteiger partial charge on any atom is -0.336 e. The highest BCUT2D eigenvalue weighted by Crippen LogP contribution is 2.20. The number of piperazine rings is 1. The fourth-order valence-corrected chi connectivity index (χ4v) is 3.80. The number of pyridine rings is 1. The molecule has 27 heavy (non-hydrogen) atoms. The normalized spacial score (nSPS) is 15.3. The molecule has 1 fully saturated rings. The van der Waals surface area contributed by atoms with Crippen LogP contribution in [-0.2, 0) is 6.54 Å². The second-order valence-corrected chi connectivity index (χ2v) is 7.31. The maximum absolute atomic E-state index is 12.9. The number of benzene rings is 2. The molecule has 1 amide bonds. The zero-order chi connectivity index (χ0) is 18.8. The van der Waals surface area contributed by atoms with Crippen LogP contribution in [0.5, 0.6) is 0 Å². The second kappa shape index (κ2) is 7.49. The third kappa shape index (κ3) is 3.58. The lowest BCUT2D eigenvalue weighted by molar-refractivity contribution is 0.0628. The third-order valence-electron chi connectivity index (χ3n) is 5.60. The van der Waals surface area contributed by atoms with Crippen LogP contribution in [0.2, 0.25) is 0 Å². The van der Waals surface area contributed by atoms with Crippen molar-refractivity contribution in [2.24, 2.45) is 0 Å². The number of hydrogen-bond donors (Lipinski definition) is 0. The van der Waals surface area contributed by atoms with Gasteiger partial charge in [-0.1, -0.05) is 36.4 Å². The zero-order valence-corrected chi connectivity index (χ0v) is 16.0. The molecule has 0 saturated carbocycles. The van der Waals surface area contributed by atoms with Crippen LogP contribution in [-0.4, -0.2) is 46.9 Å². The summed E-state index contributed by atoms with van der Waals surface area (Å²) in [6.07, 6.45) is 1.85. The first-order valence-corrected chi connectivity index (χ1v) is 9.54. The Bertz CT molecular complexity index is 969. The predicted octanol–water partition coefficient (Wildman–Crippen LogP) is 3.81. The van der Waals surface area contributed by atoms with Gasteiger partial charge in [-0.2, -0.15) is 0 Å². The molecule has 0 N–H and O–H groups in total. The summed E-state index contributed by atoms with van der Waals surface area (Å²) in [5.41, 5.74) is 5.42. The van der Waals surface area contributed by atoms with Gasteiger partial charge < -0.3 is 4.90 Å². The van der Waals surface area contributed by atoms with Crippen molar-refractivity contribution in [1.29, 1.82) is 0 Å². The molecule has 0 unspecified atom stereocenters. The van der Waals surface area contributed by atoms with Crippen LogP contribution >= 0.6 is 0 Å². The van der Waals surface area contributed by atoms with Crippen LogP contribution in [0.15, 0.2) is 54.7 Å². The number of carbonyl (C=O) groups excluding carboxylic acids is 1. The van der Waals surface area contributed by atoms with Crippen LogP contribution in [0.1, 0.15) is 27.0 Å². The molecule has 1 aliphatic heterocycles. The molecule has 4 heteroatoms. The van der Waals surface area contributed by atoms with E-state index < -0.39 is 0 Å². The highest BCUT2D eigenvalue weighted by molar-refractivity contribution is 5.96. The fourth-order valence-electron chi connectivity index (χ4n) is 3.80. The maximum Gasteiger partial charge on any atom is 0.254 e. The lowest BCUT2D eigenvalue weighted by atomic mass is 10.0. The average molecular weight is 359 g/mol. The van der Waals surface area contributed by atoms with Crippen molar-refractivity contribution >= 4 is 16.8 Å². The van der Waals surface area contributed by atoms with E-state index >= 15 is 0 Å². The summed E-state index contributed by atoms with van der Waals surface area (Å²) < 4.78 is 0. The Labute approximate surface area is 160 Å². The molecule has 1 saturated heterocycles. The molecule has 1 aromatic heterocycles. The summed E-state index contributed by atoms with van der Waals surface area (Å²) in [6.45, 7) is 8.28. The molecular formula is C23H25N3O. The van der Waals surface area contributed by atoms with Crippen molar-refractivity contribution in [3.63, 3.8) is 0 Å². The molecule has 4 rings (SSSR count). The van der Waals surface area contributed by atoms with E-state index in [1.54, 1.807) is 0 Å². The van der Waals surface area contributed by atoms with Gasteiger partial charge in [0, 0.05) is 49.9 Å². The molecule has 138 valence electrons. The highest BCUT2D eigenvalue weighted by Gasteiger charge is 2.23. The Morgan fingerprint density at radius 3 is 2.52 bits per heavy atom. The van der Waals surface area contributed by atoms with E-state index in [1.165, 1.54) is 16.5 Å². The summed E-state index contributed by atoms with van der Waals surface area (Å²) in [7, 11) is 0. The molecule has 4 nitrogen and oxygen atoms in total. The van der Waals surface area contributed by atoms with Crippen molar-refractivity contribution < 1.29 is 4.79 Å². The minimum absolute atomic E-state index is 0.155. The summed E-state index contributed by atoms with van der Waals surface area (Å²) in [4.78, 5) is 21.9. The number of rotatable bonds is 3. The van der Waals surface area contributed by atoms with Crippen LogP contribution in [0.3, 0.4) is 0 Å². The first kappa shape index (κ1) is 17.7. The van der Waals surface area contributed by atoms with Gasteiger partial charge in [-0.05, 0) is 42.7 Å². The van der Waals surface area contributed by atoms with Crippen molar-refractivity contribution in [2.75, 3.05) is 26.2 Å². The van der Waals surface area contributed by atoms with Gasteiger partial charge in [0.2, 0.25) is 0 Å². The summed E-state index contributed by atoms with van der Waals surface area (Å²) in [6, 6.07) is 16.4. The summed E-state index contributed by atoms with van der Waals surface area (Å²) in [5.74, 6) is 0.155. The second-order valence-electron chi connectivity index (χ2n) is 7.31. The fraction of sp³-hybridized carbons (Fsp3) is 0.304. The first-order valence-electron chi connectivity index (χ1n) is 9.54. The van der Waals surface area contributed by atoms with Gasteiger partial charge in [0.05, 0.1) is 5.52 Å². The Morgan fingerprint density at radius 1 is 0.963 bits per heavy atom. The Kier molecular flexibility index (Phi) is 4.90. The van der Waals surface area contributed by atoms with E-state index in [9.17, 15) is 4.79 Å². The van der Waals surface area contributed by atoms with E-state index in [2.05, 4.69) is 47.1 Å². The van der Waals surface area contributed by atoms with Crippen LogP contribution in [0.25, 0.3) is 10.9 Å². The minimum atomic E-state index is 0.155. The van der Waals surface area contributed by atoms with Crippen molar-refractivity contribution in [2.45, 2.75) is 20.4 Å². The molecule has 0 radical (unpaired) electrons. The highest BCUT2D eigenvalue weighted by atomic mass is 16.2. The van der Waals surface area contributed by atoms with E-state index in [1.807, 2.05) is 36.2 Å². The van der Waals surface area contributed by atoms with Gasteiger partial charge >= 0.3 is 0 Å². The molecule has 0 bridgehead atoms. The molecule has 0 atom stereocenters. The number of para-hydroxylation sites is 1. The molecular weight excluding hydrogens is 334 g/mol. The van der Waals surface area contributed by atoms with E-state index in [0.717, 1.165) is 49.4 Å². The first-order chi connectivity index (χ1) is 13.1. The summed E-state index contributed by atoms with van der Waals surface area (Å²) in [5, 5.41) is 1.18. The Morgan fingerprint density at radius 2 is 1.70 bits per heavy atom. The van der Waals surface area contributed by atoms with Gasteiger partial charge in [-0.15, -0.1) is 0 Å². The van der Waals surface area contributed by atoms with Gasteiger partial charge in [0.25, 0.3) is 5.91 Å². The lowest BCUT2D eigenvalue weighted by Crippen LogP contribution is -2.48. The van der Waals surface area contributed by atoms with Crippen LogP contribution < -0.4 is 0 Å². The number of nitrogens with zero attached hydrogens (tertiary/aromatic N) is 3. The number of amides is 1. The lowest BCUT2D eigenvalue weighted by Gasteiger charge is -2.35. The largest absolute Gasteiger partial charge is 0.336 e. The van der Waals surface area contributed by atoms with Crippen molar-refractivity contribution in [3.05, 3.63) is 77.0 Å².